The van der Waals surface area contributed by atoms with E-state index in [-0.39, 0.29) is 12.0 Å². The summed E-state index contributed by atoms with van der Waals surface area (Å²) in [5, 5.41) is 13.6. The minimum absolute atomic E-state index is 0.177. The number of amidine groups is 1. The fraction of sp³-hybridized carbons (Fsp3) is 0.909. The first-order chi connectivity index (χ1) is 8.34. The molecule has 4 N–H and O–H groups in total. The van der Waals surface area contributed by atoms with Crippen LogP contribution in [0, 0.1) is 11.3 Å². The van der Waals surface area contributed by atoms with Crippen LogP contribution in [0.2, 0.25) is 0 Å². The van der Waals surface area contributed by atoms with Gasteiger partial charge in [0.1, 0.15) is 5.92 Å². The van der Waals surface area contributed by atoms with Gasteiger partial charge in [-0.1, -0.05) is 18.5 Å². The van der Waals surface area contributed by atoms with Crippen LogP contribution in [-0.2, 0) is 0 Å². The number of halogens is 3. The predicted octanol–water partition coefficient (Wildman–Crippen LogP) is 2.08. The monoisotopic (exact) mass is 267 g/mol. The van der Waals surface area contributed by atoms with Gasteiger partial charge in [-0.25, -0.2) is 0 Å². The van der Waals surface area contributed by atoms with Gasteiger partial charge in [-0.05, 0) is 24.7 Å². The molecule has 0 aromatic rings. The fourth-order valence-corrected chi connectivity index (χ4v) is 2.16. The molecule has 0 spiro atoms. The summed E-state index contributed by atoms with van der Waals surface area (Å²) in [5.41, 5.74) is 5.24. The molecule has 1 aliphatic rings. The first kappa shape index (κ1) is 15.1. The molecule has 1 atom stereocenters. The number of nitrogens with zero attached hydrogens (tertiary/aromatic N) is 1. The number of nitrogens with two attached hydrogens (primary N) is 1. The van der Waals surface area contributed by atoms with Gasteiger partial charge in [-0.2, -0.15) is 13.2 Å². The Morgan fingerprint density at radius 2 is 2.11 bits per heavy atom. The molecule has 0 heterocycles. The summed E-state index contributed by atoms with van der Waals surface area (Å²) < 4.78 is 37.9. The molecular weight excluding hydrogens is 247 g/mol. The van der Waals surface area contributed by atoms with E-state index in [1.165, 1.54) is 0 Å². The third kappa shape index (κ3) is 4.04. The summed E-state index contributed by atoms with van der Waals surface area (Å²) in [6, 6.07) is 0. The van der Waals surface area contributed by atoms with Gasteiger partial charge in [0.25, 0.3) is 0 Å². The van der Waals surface area contributed by atoms with Crippen LogP contribution in [0.4, 0.5) is 13.2 Å². The topological polar surface area (TPSA) is 70.6 Å². The molecule has 0 radical (unpaired) electrons. The predicted molar refractivity (Wildman–Crippen MR) is 62.4 cm³/mol. The van der Waals surface area contributed by atoms with E-state index in [0.717, 1.165) is 25.7 Å². The largest absolute Gasteiger partial charge is 0.409 e. The number of alkyl halides is 3. The van der Waals surface area contributed by atoms with Crippen LogP contribution < -0.4 is 11.1 Å². The Hall–Kier alpha value is -0.980. The molecule has 0 aromatic carbocycles. The van der Waals surface area contributed by atoms with Gasteiger partial charge < -0.3 is 16.3 Å². The number of hydrogen-bond acceptors (Lipinski definition) is 3. The molecular formula is C11H20F3N3O. The zero-order chi connectivity index (χ0) is 13.8. The second-order valence-corrected chi connectivity index (χ2v) is 5.00. The van der Waals surface area contributed by atoms with Crippen LogP contribution >= 0.6 is 0 Å². The maximum Gasteiger partial charge on any atom is 0.400 e. The maximum absolute atomic E-state index is 12.6. The first-order valence-corrected chi connectivity index (χ1v) is 6.09. The fourth-order valence-electron chi connectivity index (χ4n) is 2.16. The highest BCUT2D eigenvalue weighted by Gasteiger charge is 2.44. The van der Waals surface area contributed by atoms with Crippen LogP contribution in [0.3, 0.4) is 0 Å². The van der Waals surface area contributed by atoms with Crippen molar-refractivity contribution in [2.75, 3.05) is 13.1 Å². The van der Waals surface area contributed by atoms with E-state index in [1.54, 1.807) is 0 Å². The molecule has 0 aliphatic heterocycles. The van der Waals surface area contributed by atoms with Crippen LogP contribution in [0.25, 0.3) is 0 Å². The van der Waals surface area contributed by atoms with Crippen LogP contribution in [0.1, 0.15) is 32.6 Å². The van der Waals surface area contributed by atoms with Crippen molar-refractivity contribution < 1.29 is 18.4 Å². The lowest BCUT2D eigenvalue weighted by Crippen LogP contribution is -2.44. The summed E-state index contributed by atoms with van der Waals surface area (Å²) in [7, 11) is 0. The molecule has 0 saturated heterocycles. The molecule has 0 bridgehead atoms. The first-order valence-electron chi connectivity index (χ1n) is 6.09. The summed E-state index contributed by atoms with van der Waals surface area (Å²) in [5.74, 6) is -2.73. The van der Waals surface area contributed by atoms with Gasteiger partial charge in [0, 0.05) is 13.1 Å². The Bertz CT molecular complexity index is 300. The zero-order valence-corrected chi connectivity index (χ0v) is 10.4. The van der Waals surface area contributed by atoms with Crippen LogP contribution in [-0.4, -0.2) is 30.3 Å². The highest BCUT2D eigenvalue weighted by molar-refractivity contribution is 5.83. The van der Waals surface area contributed by atoms with Crippen LogP contribution in [0.15, 0.2) is 5.16 Å². The van der Waals surface area contributed by atoms with Crippen molar-refractivity contribution in [1.82, 2.24) is 5.32 Å². The SMILES string of the molecule is CCCC1(CNCC(C(N)=NO)C(F)(F)F)CC1. The molecule has 0 aromatic heterocycles. The lowest BCUT2D eigenvalue weighted by molar-refractivity contribution is -0.155. The van der Waals surface area contributed by atoms with E-state index in [0.29, 0.717) is 6.54 Å². The van der Waals surface area contributed by atoms with Crippen molar-refractivity contribution in [3.05, 3.63) is 0 Å². The molecule has 1 rings (SSSR count). The number of nitrogens with one attached hydrogen (secondary N) is 1. The standard InChI is InChI=1S/C11H20F3N3O/c1-2-3-10(4-5-10)7-16-6-8(9(15)17-18)11(12,13)14/h8,16,18H,2-7H2,1H3,(H2,15,17). The van der Waals surface area contributed by atoms with Gasteiger partial charge in [0.15, 0.2) is 5.84 Å². The quantitative estimate of drug-likeness (QED) is 0.286. The van der Waals surface area contributed by atoms with Gasteiger partial charge >= 0.3 is 6.18 Å². The van der Waals surface area contributed by atoms with E-state index in [2.05, 4.69) is 17.4 Å². The van der Waals surface area contributed by atoms with Gasteiger partial charge in [-0.3, -0.25) is 0 Å². The Balaban J connectivity index is 2.44. The van der Waals surface area contributed by atoms with Gasteiger partial charge in [-0.15, -0.1) is 0 Å². The number of oxime groups is 1. The third-order valence-electron chi connectivity index (χ3n) is 3.45. The lowest BCUT2D eigenvalue weighted by atomic mass is 10.0. The van der Waals surface area contributed by atoms with Crippen molar-refractivity contribution in [3.8, 4) is 0 Å². The molecule has 1 aliphatic carbocycles. The smallest absolute Gasteiger partial charge is 0.400 e. The third-order valence-corrected chi connectivity index (χ3v) is 3.45. The summed E-state index contributed by atoms with van der Waals surface area (Å²) in [4.78, 5) is 0. The highest BCUT2D eigenvalue weighted by Crippen LogP contribution is 2.48. The molecule has 106 valence electrons. The Morgan fingerprint density at radius 3 is 2.50 bits per heavy atom. The van der Waals surface area contributed by atoms with Gasteiger partial charge in [0.2, 0.25) is 0 Å². The molecule has 1 saturated carbocycles. The highest BCUT2D eigenvalue weighted by atomic mass is 19.4. The molecule has 7 heteroatoms. The van der Waals surface area contributed by atoms with Gasteiger partial charge in [0.05, 0.1) is 0 Å². The van der Waals surface area contributed by atoms with Crippen molar-refractivity contribution in [3.63, 3.8) is 0 Å². The van der Waals surface area contributed by atoms with Crippen molar-refractivity contribution in [1.29, 1.82) is 0 Å². The van der Waals surface area contributed by atoms with E-state index < -0.39 is 17.9 Å². The Labute approximate surface area is 104 Å². The van der Waals surface area contributed by atoms with Crippen molar-refractivity contribution in [2.24, 2.45) is 22.2 Å². The number of rotatable bonds is 7. The number of hydrogen-bond donors (Lipinski definition) is 3. The van der Waals surface area contributed by atoms with E-state index in [9.17, 15) is 13.2 Å². The Morgan fingerprint density at radius 1 is 1.50 bits per heavy atom. The minimum Gasteiger partial charge on any atom is -0.409 e. The van der Waals surface area contributed by atoms with E-state index in [1.807, 2.05) is 0 Å². The molecule has 4 nitrogen and oxygen atoms in total. The maximum atomic E-state index is 12.6. The van der Waals surface area contributed by atoms with Crippen molar-refractivity contribution >= 4 is 5.84 Å². The average Bonchev–Trinajstić information content (AvgIpc) is 3.03. The summed E-state index contributed by atoms with van der Waals surface area (Å²) in [6.07, 6.45) is -0.308. The average molecular weight is 267 g/mol. The second-order valence-electron chi connectivity index (χ2n) is 5.00. The lowest BCUT2D eigenvalue weighted by Gasteiger charge is -2.21. The summed E-state index contributed by atoms with van der Waals surface area (Å²) in [6.45, 7) is 2.28. The zero-order valence-electron chi connectivity index (χ0n) is 10.4. The second kappa shape index (κ2) is 5.77. The molecule has 1 unspecified atom stereocenters. The van der Waals surface area contributed by atoms with E-state index >= 15 is 0 Å². The Kier molecular flexibility index (Phi) is 4.84. The molecule has 18 heavy (non-hydrogen) atoms. The minimum atomic E-state index is -4.50. The van der Waals surface area contributed by atoms with Crippen molar-refractivity contribution in [2.45, 2.75) is 38.8 Å². The summed E-state index contributed by atoms with van der Waals surface area (Å²) >= 11 is 0. The van der Waals surface area contributed by atoms with Crippen LogP contribution in [0.5, 0.6) is 0 Å². The normalized spacial score (nSPS) is 20.8. The molecule has 0 amide bonds. The van der Waals surface area contributed by atoms with E-state index in [4.69, 9.17) is 10.9 Å². The molecule has 1 fully saturated rings.